The van der Waals surface area contributed by atoms with Crippen molar-refractivity contribution >= 4 is 17.4 Å². The molecule has 0 bridgehead atoms. The van der Waals surface area contributed by atoms with Crippen LogP contribution in [-0.2, 0) is 0 Å². The minimum Gasteiger partial charge on any atom is -0.389 e. The van der Waals surface area contributed by atoms with Crippen molar-refractivity contribution in [3.8, 4) is 0 Å². The fourth-order valence-electron chi connectivity index (χ4n) is 1.58. The largest absolute Gasteiger partial charge is 0.389 e. The Morgan fingerprint density at radius 1 is 1.53 bits per heavy atom. The Bertz CT molecular complexity index is 355. The summed E-state index contributed by atoms with van der Waals surface area (Å²) >= 11 is 5.57. The Labute approximate surface area is 108 Å². The number of allylic oxidation sites excluding steroid dienone is 2. The molecule has 4 heteroatoms. The van der Waals surface area contributed by atoms with Crippen molar-refractivity contribution in [2.24, 2.45) is 0 Å². The molecular weight excluding hydrogens is 234 g/mol. The second kappa shape index (κ2) is 7.96. The predicted octanol–water partition coefficient (Wildman–Crippen LogP) is 3.44. The van der Waals surface area contributed by atoms with Gasteiger partial charge in [-0.1, -0.05) is 30.7 Å². The average Bonchev–Trinajstić information content (AvgIpc) is 2.83. The normalized spacial score (nSPS) is 16.1. The molecule has 2 heterocycles. The molecule has 0 aliphatic carbocycles. The second-order valence-corrected chi connectivity index (χ2v) is 4.15. The van der Waals surface area contributed by atoms with Gasteiger partial charge in [-0.25, -0.2) is 4.98 Å². The SMILES string of the molecule is CC/C=C1/CCCN1.CNc1cccc(Cl)n1. The van der Waals surface area contributed by atoms with Gasteiger partial charge in [-0.05, 0) is 31.4 Å². The third-order valence-corrected chi connectivity index (χ3v) is 2.61. The van der Waals surface area contributed by atoms with Crippen LogP contribution in [0.1, 0.15) is 26.2 Å². The molecule has 0 saturated carbocycles. The number of aromatic nitrogens is 1. The quantitative estimate of drug-likeness (QED) is 0.793. The van der Waals surface area contributed by atoms with Gasteiger partial charge in [0.1, 0.15) is 11.0 Å². The maximum atomic E-state index is 5.57. The van der Waals surface area contributed by atoms with Crippen LogP contribution in [-0.4, -0.2) is 18.6 Å². The van der Waals surface area contributed by atoms with Gasteiger partial charge >= 0.3 is 0 Å². The molecule has 0 atom stereocenters. The number of anilines is 1. The number of pyridine rings is 1. The van der Waals surface area contributed by atoms with Crippen molar-refractivity contribution in [2.75, 3.05) is 18.9 Å². The number of halogens is 1. The molecule has 2 N–H and O–H groups in total. The summed E-state index contributed by atoms with van der Waals surface area (Å²) in [7, 11) is 1.80. The summed E-state index contributed by atoms with van der Waals surface area (Å²) in [6, 6.07) is 5.44. The van der Waals surface area contributed by atoms with Crippen LogP contribution in [0.3, 0.4) is 0 Å². The van der Waals surface area contributed by atoms with Gasteiger partial charge in [-0.3, -0.25) is 0 Å². The fourth-order valence-corrected chi connectivity index (χ4v) is 1.75. The van der Waals surface area contributed by atoms with Crippen LogP contribution in [0.25, 0.3) is 0 Å². The molecule has 1 aliphatic heterocycles. The Kier molecular flexibility index (Phi) is 6.48. The number of hydrogen-bond donors (Lipinski definition) is 2. The first-order valence-corrected chi connectivity index (χ1v) is 6.37. The first kappa shape index (κ1) is 13.8. The summed E-state index contributed by atoms with van der Waals surface area (Å²) in [5.74, 6) is 0.794. The Balaban J connectivity index is 0.000000171. The van der Waals surface area contributed by atoms with E-state index in [9.17, 15) is 0 Å². The average molecular weight is 254 g/mol. The van der Waals surface area contributed by atoms with E-state index < -0.39 is 0 Å². The number of nitrogens with one attached hydrogen (secondary N) is 2. The molecule has 1 aromatic heterocycles. The zero-order valence-electron chi connectivity index (χ0n) is 10.5. The summed E-state index contributed by atoms with van der Waals surface area (Å²) in [6.07, 6.45) is 6.04. The van der Waals surface area contributed by atoms with E-state index in [1.807, 2.05) is 12.1 Å². The van der Waals surface area contributed by atoms with Crippen molar-refractivity contribution in [2.45, 2.75) is 26.2 Å². The molecule has 0 radical (unpaired) electrons. The molecule has 2 rings (SSSR count). The van der Waals surface area contributed by atoms with E-state index in [1.165, 1.54) is 31.5 Å². The van der Waals surface area contributed by atoms with Gasteiger partial charge in [0.05, 0.1) is 0 Å². The monoisotopic (exact) mass is 253 g/mol. The highest BCUT2D eigenvalue weighted by atomic mass is 35.5. The summed E-state index contributed by atoms with van der Waals surface area (Å²) < 4.78 is 0. The first-order chi connectivity index (χ1) is 8.26. The summed E-state index contributed by atoms with van der Waals surface area (Å²) in [5.41, 5.74) is 1.45. The topological polar surface area (TPSA) is 37.0 Å². The maximum absolute atomic E-state index is 5.57. The van der Waals surface area contributed by atoms with Gasteiger partial charge < -0.3 is 10.6 Å². The molecule has 94 valence electrons. The van der Waals surface area contributed by atoms with Crippen LogP contribution in [0, 0.1) is 0 Å². The number of hydrogen-bond acceptors (Lipinski definition) is 3. The molecule has 1 aliphatic rings. The minimum absolute atomic E-state index is 0.516. The van der Waals surface area contributed by atoms with E-state index >= 15 is 0 Å². The number of rotatable bonds is 2. The molecule has 0 amide bonds. The van der Waals surface area contributed by atoms with Crippen molar-refractivity contribution in [3.05, 3.63) is 35.1 Å². The van der Waals surface area contributed by atoms with Gasteiger partial charge in [0.15, 0.2) is 0 Å². The third-order valence-electron chi connectivity index (χ3n) is 2.40. The second-order valence-electron chi connectivity index (χ2n) is 3.76. The highest BCUT2D eigenvalue weighted by Gasteiger charge is 2.01. The molecule has 17 heavy (non-hydrogen) atoms. The lowest BCUT2D eigenvalue weighted by molar-refractivity contribution is 0.901. The fraction of sp³-hybridized carbons (Fsp3) is 0.462. The van der Waals surface area contributed by atoms with Gasteiger partial charge in [0, 0.05) is 19.3 Å². The summed E-state index contributed by atoms with van der Waals surface area (Å²) in [4.78, 5) is 3.95. The highest BCUT2D eigenvalue weighted by molar-refractivity contribution is 6.29. The van der Waals surface area contributed by atoms with Crippen LogP contribution in [0.15, 0.2) is 30.0 Å². The van der Waals surface area contributed by atoms with Crippen LogP contribution in [0.5, 0.6) is 0 Å². The van der Waals surface area contributed by atoms with Crippen molar-refractivity contribution in [3.63, 3.8) is 0 Å². The van der Waals surface area contributed by atoms with E-state index in [1.54, 1.807) is 13.1 Å². The standard InChI is InChI=1S/C7H13N.C6H7ClN2/c1-2-4-7-5-3-6-8-7;1-8-6-4-2-3-5(7)9-6/h4,8H,2-3,5-6H2,1H3;2-4H,1H3,(H,8,9)/b7-4-;. The lowest BCUT2D eigenvalue weighted by Gasteiger charge is -1.95. The first-order valence-electron chi connectivity index (χ1n) is 5.99. The van der Waals surface area contributed by atoms with Gasteiger partial charge in [-0.2, -0.15) is 0 Å². The number of nitrogens with zero attached hydrogens (tertiary/aromatic N) is 1. The van der Waals surface area contributed by atoms with Crippen molar-refractivity contribution in [1.82, 2.24) is 10.3 Å². The summed E-state index contributed by atoms with van der Waals surface area (Å²) in [6.45, 7) is 3.36. The zero-order chi connectivity index (χ0) is 12.5. The van der Waals surface area contributed by atoms with Crippen LogP contribution in [0.2, 0.25) is 5.15 Å². The van der Waals surface area contributed by atoms with E-state index in [0.29, 0.717) is 5.15 Å². The van der Waals surface area contributed by atoms with Gasteiger partial charge in [0.25, 0.3) is 0 Å². The Hall–Kier alpha value is -1.22. The van der Waals surface area contributed by atoms with Crippen molar-refractivity contribution in [1.29, 1.82) is 0 Å². The molecule has 0 aromatic carbocycles. The highest BCUT2D eigenvalue weighted by Crippen LogP contribution is 2.08. The van der Waals surface area contributed by atoms with Crippen LogP contribution < -0.4 is 10.6 Å². The van der Waals surface area contributed by atoms with E-state index in [0.717, 1.165) is 5.82 Å². The van der Waals surface area contributed by atoms with Crippen molar-refractivity contribution < 1.29 is 0 Å². The maximum Gasteiger partial charge on any atom is 0.131 e. The molecule has 1 fully saturated rings. The zero-order valence-corrected chi connectivity index (χ0v) is 11.2. The van der Waals surface area contributed by atoms with Crippen LogP contribution in [0.4, 0.5) is 5.82 Å². The van der Waals surface area contributed by atoms with Crippen LogP contribution >= 0.6 is 11.6 Å². The molecule has 3 nitrogen and oxygen atoms in total. The Morgan fingerprint density at radius 3 is 2.82 bits per heavy atom. The molecule has 1 aromatic rings. The van der Waals surface area contributed by atoms with Gasteiger partial charge in [-0.15, -0.1) is 0 Å². The summed E-state index contributed by atoms with van der Waals surface area (Å²) in [5, 5.41) is 6.71. The third kappa shape index (κ3) is 5.59. The van der Waals surface area contributed by atoms with E-state index in [2.05, 4.69) is 28.6 Å². The van der Waals surface area contributed by atoms with E-state index in [-0.39, 0.29) is 0 Å². The molecular formula is C13H20ClN3. The molecule has 1 saturated heterocycles. The minimum atomic E-state index is 0.516. The lowest BCUT2D eigenvalue weighted by Crippen LogP contribution is -2.02. The van der Waals surface area contributed by atoms with Gasteiger partial charge in [0.2, 0.25) is 0 Å². The predicted molar refractivity (Wildman–Crippen MR) is 74.4 cm³/mol. The Morgan fingerprint density at radius 2 is 2.35 bits per heavy atom. The molecule has 0 spiro atoms. The van der Waals surface area contributed by atoms with E-state index in [4.69, 9.17) is 11.6 Å². The lowest BCUT2D eigenvalue weighted by atomic mass is 10.3. The molecule has 0 unspecified atom stereocenters. The smallest absolute Gasteiger partial charge is 0.131 e.